The van der Waals surface area contributed by atoms with Gasteiger partial charge in [0, 0.05) is 0 Å². The lowest BCUT2D eigenvalue weighted by molar-refractivity contribution is -0.143. The van der Waals surface area contributed by atoms with Crippen LogP contribution < -0.4 is 15.4 Å². The van der Waals surface area contributed by atoms with Crippen LogP contribution in [0.3, 0.4) is 0 Å². The molecule has 0 radical (unpaired) electrons. The summed E-state index contributed by atoms with van der Waals surface area (Å²) in [6.45, 7) is 4.33. The number of carbonyl (C=O) groups is 3. The molecule has 1 aliphatic heterocycles. The highest BCUT2D eigenvalue weighted by Crippen LogP contribution is 2.33. The van der Waals surface area contributed by atoms with Crippen LogP contribution in [-0.2, 0) is 9.59 Å². The SMILES string of the molecule is CC1Oc2c(cccc2C(=O)NC(C)(C)C(=O)O)NC1=O. The van der Waals surface area contributed by atoms with Crippen LogP contribution in [0.15, 0.2) is 18.2 Å². The van der Waals surface area contributed by atoms with E-state index in [1.54, 1.807) is 19.1 Å². The lowest BCUT2D eigenvalue weighted by Crippen LogP contribution is -2.49. The first-order valence-electron chi connectivity index (χ1n) is 6.39. The summed E-state index contributed by atoms with van der Waals surface area (Å²) < 4.78 is 5.45. The van der Waals surface area contributed by atoms with Gasteiger partial charge in [-0.1, -0.05) is 6.07 Å². The van der Waals surface area contributed by atoms with Crippen molar-refractivity contribution in [2.24, 2.45) is 0 Å². The Morgan fingerprint density at radius 1 is 1.38 bits per heavy atom. The number of ether oxygens (including phenoxy) is 1. The first-order chi connectivity index (χ1) is 9.72. The summed E-state index contributed by atoms with van der Waals surface area (Å²) in [6, 6.07) is 4.70. The van der Waals surface area contributed by atoms with Gasteiger partial charge in [0.2, 0.25) is 0 Å². The summed E-state index contributed by atoms with van der Waals surface area (Å²) in [6.07, 6.45) is -0.723. The van der Waals surface area contributed by atoms with E-state index < -0.39 is 23.5 Å². The van der Waals surface area contributed by atoms with Crippen molar-refractivity contribution in [2.75, 3.05) is 5.32 Å². The molecule has 21 heavy (non-hydrogen) atoms. The van der Waals surface area contributed by atoms with Gasteiger partial charge in [-0.25, -0.2) is 4.79 Å². The zero-order valence-corrected chi connectivity index (χ0v) is 11.9. The molecule has 1 aromatic carbocycles. The first kappa shape index (κ1) is 14.8. The number of carboxylic acid groups (broad SMARTS) is 1. The standard InChI is InChI=1S/C14H16N2O5/c1-7-11(17)15-9-6-4-5-8(10(9)21-7)12(18)16-14(2,3)13(19)20/h4-7H,1-3H3,(H,15,17)(H,16,18)(H,19,20). The maximum atomic E-state index is 12.3. The number of carboxylic acids is 1. The molecule has 0 aromatic heterocycles. The molecule has 0 bridgehead atoms. The van der Waals surface area contributed by atoms with Gasteiger partial charge in [0.25, 0.3) is 11.8 Å². The zero-order chi connectivity index (χ0) is 15.8. The Kier molecular flexibility index (Phi) is 3.59. The summed E-state index contributed by atoms with van der Waals surface area (Å²) in [5.41, 5.74) is -0.851. The van der Waals surface area contributed by atoms with E-state index in [0.29, 0.717) is 5.69 Å². The molecule has 2 amide bonds. The molecule has 1 heterocycles. The fourth-order valence-electron chi connectivity index (χ4n) is 1.81. The minimum atomic E-state index is -1.41. The van der Waals surface area contributed by atoms with Gasteiger partial charge in [-0.05, 0) is 32.9 Å². The molecule has 3 N–H and O–H groups in total. The van der Waals surface area contributed by atoms with Gasteiger partial charge < -0.3 is 20.5 Å². The van der Waals surface area contributed by atoms with Crippen molar-refractivity contribution in [2.45, 2.75) is 32.4 Å². The second kappa shape index (κ2) is 5.08. The van der Waals surface area contributed by atoms with E-state index in [9.17, 15) is 14.4 Å². The van der Waals surface area contributed by atoms with Gasteiger partial charge in [-0.3, -0.25) is 9.59 Å². The van der Waals surface area contributed by atoms with Crippen LogP contribution in [0.25, 0.3) is 0 Å². The van der Waals surface area contributed by atoms with Crippen molar-refractivity contribution in [3.8, 4) is 5.75 Å². The maximum Gasteiger partial charge on any atom is 0.328 e. The lowest BCUT2D eigenvalue weighted by Gasteiger charge is -2.26. The quantitative estimate of drug-likeness (QED) is 0.771. The van der Waals surface area contributed by atoms with Crippen molar-refractivity contribution >= 4 is 23.5 Å². The summed E-state index contributed by atoms with van der Waals surface area (Å²) >= 11 is 0. The van der Waals surface area contributed by atoms with E-state index in [4.69, 9.17) is 9.84 Å². The highest BCUT2D eigenvalue weighted by molar-refractivity contribution is 6.05. The first-order valence-corrected chi connectivity index (χ1v) is 6.39. The number of para-hydroxylation sites is 1. The van der Waals surface area contributed by atoms with Crippen LogP contribution in [0.5, 0.6) is 5.75 Å². The van der Waals surface area contributed by atoms with Gasteiger partial charge >= 0.3 is 5.97 Å². The molecule has 1 atom stereocenters. The third kappa shape index (κ3) is 2.81. The van der Waals surface area contributed by atoms with Gasteiger partial charge in [-0.15, -0.1) is 0 Å². The smallest absolute Gasteiger partial charge is 0.328 e. The number of fused-ring (bicyclic) bond motifs is 1. The van der Waals surface area contributed by atoms with Crippen LogP contribution in [0.1, 0.15) is 31.1 Å². The van der Waals surface area contributed by atoms with Crippen LogP contribution in [-0.4, -0.2) is 34.5 Å². The summed E-state index contributed by atoms with van der Waals surface area (Å²) in [5, 5.41) is 14.1. The van der Waals surface area contributed by atoms with E-state index in [0.717, 1.165) is 0 Å². The van der Waals surface area contributed by atoms with Gasteiger partial charge in [0.05, 0.1) is 11.3 Å². The number of carbonyl (C=O) groups excluding carboxylic acids is 2. The fraction of sp³-hybridized carbons (Fsp3) is 0.357. The largest absolute Gasteiger partial charge is 0.480 e. The van der Waals surface area contributed by atoms with Gasteiger partial charge in [0.15, 0.2) is 11.9 Å². The van der Waals surface area contributed by atoms with Crippen LogP contribution in [0.4, 0.5) is 5.69 Å². The number of anilines is 1. The number of hydrogen-bond acceptors (Lipinski definition) is 4. The minimum Gasteiger partial charge on any atom is -0.480 e. The molecule has 1 aliphatic rings. The Labute approximate surface area is 121 Å². The molecule has 0 aliphatic carbocycles. The van der Waals surface area contributed by atoms with Crippen molar-refractivity contribution in [1.29, 1.82) is 0 Å². The lowest BCUT2D eigenvalue weighted by atomic mass is 10.0. The molecule has 0 spiro atoms. The second-order valence-corrected chi connectivity index (χ2v) is 5.32. The topological polar surface area (TPSA) is 105 Å². The highest BCUT2D eigenvalue weighted by atomic mass is 16.5. The molecule has 0 fully saturated rings. The van der Waals surface area contributed by atoms with E-state index >= 15 is 0 Å². The van der Waals surface area contributed by atoms with Crippen molar-refractivity contribution in [1.82, 2.24) is 5.32 Å². The molecule has 112 valence electrons. The highest BCUT2D eigenvalue weighted by Gasteiger charge is 2.32. The van der Waals surface area contributed by atoms with Crippen LogP contribution in [0, 0.1) is 0 Å². The Morgan fingerprint density at radius 3 is 2.67 bits per heavy atom. The predicted molar refractivity (Wildman–Crippen MR) is 74.3 cm³/mol. The average molecular weight is 292 g/mol. The predicted octanol–water partition coefficient (Wildman–Crippen LogP) is 0.999. The Morgan fingerprint density at radius 2 is 2.05 bits per heavy atom. The zero-order valence-electron chi connectivity index (χ0n) is 11.9. The third-order valence-electron chi connectivity index (χ3n) is 3.14. The minimum absolute atomic E-state index is 0.175. The van der Waals surface area contributed by atoms with Crippen molar-refractivity contribution < 1.29 is 24.2 Å². The van der Waals surface area contributed by atoms with Gasteiger partial charge in [-0.2, -0.15) is 0 Å². The molecule has 1 aromatic rings. The molecule has 0 saturated heterocycles. The van der Waals surface area contributed by atoms with Crippen molar-refractivity contribution in [3.05, 3.63) is 23.8 Å². The second-order valence-electron chi connectivity index (χ2n) is 5.32. The number of aliphatic carboxylic acids is 1. The molecule has 1 unspecified atom stereocenters. The summed E-state index contributed by atoms with van der Waals surface area (Å²) in [7, 11) is 0. The Bertz CT molecular complexity index is 624. The van der Waals surface area contributed by atoms with Gasteiger partial charge in [0.1, 0.15) is 5.54 Å². The van der Waals surface area contributed by atoms with E-state index in [-0.39, 0.29) is 17.2 Å². The molecule has 2 rings (SSSR count). The number of rotatable bonds is 3. The molecule has 7 nitrogen and oxygen atoms in total. The fourth-order valence-corrected chi connectivity index (χ4v) is 1.81. The molecular formula is C14H16N2O5. The van der Waals surface area contributed by atoms with E-state index in [2.05, 4.69) is 10.6 Å². The summed E-state index contributed by atoms with van der Waals surface area (Å²) in [5.74, 6) is -1.79. The van der Waals surface area contributed by atoms with Crippen LogP contribution in [0.2, 0.25) is 0 Å². The van der Waals surface area contributed by atoms with Crippen molar-refractivity contribution in [3.63, 3.8) is 0 Å². The van der Waals surface area contributed by atoms with E-state index in [1.807, 2.05) is 0 Å². The Balaban J connectivity index is 2.34. The molecule has 0 saturated carbocycles. The normalized spacial score (nSPS) is 17.3. The average Bonchev–Trinajstić information content (AvgIpc) is 2.38. The third-order valence-corrected chi connectivity index (χ3v) is 3.14. The number of amides is 2. The Hall–Kier alpha value is -2.57. The van der Waals surface area contributed by atoms with Crippen LogP contribution >= 0.6 is 0 Å². The monoisotopic (exact) mass is 292 g/mol. The molecule has 7 heteroatoms. The van der Waals surface area contributed by atoms with E-state index in [1.165, 1.54) is 19.9 Å². The number of hydrogen-bond donors (Lipinski definition) is 3. The number of benzene rings is 1. The number of nitrogens with one attached hydrogen (secondary N) is 2. The molecular weight excluding hydrogens is 276 g/mol. The summed E-state index contributed by atoms with van der Waals surface area (Å²) in [4.78, 5) is 34.9. The maximum absolute atomic E-state index is 12.3.